The van der Waals surface area contributed by atoms with Crippen LogP contribution in [0.2, 0.25) is 0 Å². The fraction of sp³-hybridized carbons (Fsp3) is 0.333. The standard InChI is InChI=1S/2C9H2F9.Zn/c2*10-7(11,12)4-2-1-3-5(8(13,14)15)6(4)9(16,17)18;/h2*1-2H;/q2*-1;+2. The van der Waals surface area contributed by atoms with Crippen molar-refractivity contribution in [3.8, 4) is 0 Å². The van der Waals surface area contributed by atoms with E-state index in [9.17, 15) is 79.0 Å². The summed E-state index contributed by atoms with van der Waals surface area (Å²) in [5, 5.41) is 0. The number of alkyl halides is 18. The van der Waals surface area contributed by atoms with E-state index in [0.29, 0.717) is 0 Å². The van der Waals surface area contributed by atoms with Gasteiger partial charge < -0.3 is 0 Å². The quantitative estimate of drug-likeness (QED) is 0.155. The fourth-order valence-corrected chi connectivity index (χ4v) is 2.51. The van der Waals surface area contributed by atoms with Gasteiger partial charge in [0, 0.05) is 0 Å². The van der Waals surface area contributed by atoms with Crippen molar-refractivity contribution in [2.45, 2.75) is 37.1 Å². The van der Waals surface area contributed by atoms with Crippen LogP contribution in [0.25, 0.3) is 0 Å². The van der Waals surface area contributed by atoms with Crippen LogP contribution in [0.3, 0.4) is 0 Å². The molecule has 37 heavy (non-hydrogen) atoms. The molecular formula is C18H4F18Zn. The minimum atomic E-state index is -5.78. The molecule has 0 unspecified atom stereocenters. The van der Waals surface area contributed by atoms with E-state index in [-0.39, 0.29) is 43.7 Å². The second kappa shape index (κ2) is 10.9. The van der Waals surface area contributed by atoms with E-state index in [1.54, 1.807) is 0 Å². The van der Waals surface area contributed by atoms with Crippen LogP contribution < -0.4 is 0 Å². The van der Waals surface area contributed by atoms with Crippen molar-refractivity contribution in [1.29, 1.82) is 0 Å². The van der Waals surface area contributed by atoms with E-state index < -0.39 is 70.4 Å². The van der Waals surface area contributed by atoms with E-state index in [1.165, 1.54) is 0 Å². The maximum absolute atomic E-state index is 12.3. The molecule has 0 atom stereocenters. The van der Waals surface area contributed by atoms with Gasteiger partial charge in [-0.15, -0.1) is 0 Å². The Labute approximate surface area is 206 Å². The molecule has 0 spiro atoms. The molecule has 2 rings (SSSR count). The van der Waals surface area contributed by atoms with Crippen LogP contribution in [0.5, 0.6) is 0 Å². The summed E-state index contributed by atoms with van der Waals surface area (Å²) >= 11 is 0. The smallest absolute Gasteiger partial charge is 0.179 e. The first-order chi connectivity index (χ1) is 15.7. The summed E-state index contributed by atoms with van der Waals surface area (Å²) in [4.78, 5) is 0. The van der Waals surface area contributed by atoms with E-state index in [1.807, 2.05) is 0 Å². The van der Waals surface area contributed by atoms with Crippen molar-refractivity contribution in [3.63, 3.8) is 0 Å². The molecule has 204 valence electrons. The third kappa shape index (κ3) is 8.95. The van der Waals surface area contributed by atoms with E-state index in [0.717, 1.165) is 12.1 Å². The Morgan fingerprint density at radius 1 is 0.378 bits per heavy atom. The molecule has 0 amide bonds. The number of benzene rings is 2. The van der Waals surface area contributed by atoms with Crippen LogP contribution in [0, 0.1) is 12.1 Å². The van der Waals surface area contributed by atoms with E-state index in [4.69, 9.17) is 0 Å². The molecular weight excluding hydrogens is 624 g/mol. The molecule has 0 aromatic heterocycles. The van der Waals surface area contributed by atoms with Gasteiger partial charge in [-0.1, -0.05) is 0 Å². The topological polar surface area (TPSA) is 0 Å². The van der Waals surface area contributed by atoms with Crippen molar-refractivity contribution in [1.82, 2.24) is 0 Å². The third-order valence-electron chi connectivity index (χ3n) is 3.74. The maximum atomic E-state index is 12.3. The zero-order valence-electron chi connectivity index (χ0n) is 16.8. The van der Waals surface area contributed by atoms with Gasteiger partial charge in [-0.05, 0) is 33.4 Å². The van der Waals surface area contributed by atoms with E-state index in [2.05, 4.69) is 0 Å². The zero-order valence-corrected chi connectivity index (χ0v) is 19.8. The van der Waals surface area contributed by atoms with Crippen LogP contribution in [0.1, 0.15) is 33.4 Å². The molecule has 2 aromatic rings. The number of rotatable bonds is 0. The van der Waals surface area contributed by atoms with E-state index >= 15 is 0 Å². The number of hydrogen-bond donors (Lipinski definition) is 0. The molecule has 2 aromatic carbocycles. The Kier molecular flexibility index (Phi) is 10.2. The van der Waals surface area contributed by atoms with Crippen molar-refractivity contribution in [3.05, 3.63) is 69.8 Å². The van der Waals surface area contributed by atoms with Crippen LogP contribution in [0.15, 0.2) is 24.3 Å². The molecule has 0 heterocycles. The Balaban J connectivity index is 0.000000682. The van der Waals surface area contributed by atoms with Crippen LogP contribution >= 0.6 is 0 Å². The van der Waals surface area contributed by atoms with Gasteiger partial charge in [-0.25, -0.2) is 0 Å². The van der Waals surface area contributed by atoms with Gasteiger partial charge in [0.15, 0.2) is 0 Å². The minimum absolute atomic E-state index is 0. The summed E-state index contributed by atoms with van der Waals surface area (Å²) in [7, 11) is 0. The minimum Gasteiger partial charge on any atom is -0.179 e. The van der Waals surface area contributed by atoms with Crippen molar-refractivity contribution >= 4 is 0 Å². The van der Waals surface area contributed by atoms with Gasteiger partial charge in [-0.3, -0.25) is 0 Å². The van der Waals surface area contributed by atoms with Gasteiger partial charge in [0.1, 0.15) is 0 Å². The molecule has 0 N–H and O–H groups in total. The van der Waals surface area contributed by atoms with Crippen LogP contribution in [0.4, 0.5) is 79.0 Å². The molecule has 0 radical (unpaired) electrons. The summed E-state index contributed by atoms with van der Waals surface area (Å²) in [6, 6.07) is 2.41. The second-order valence-corrected chi connectivity index (χ2v) is 6.27. The summed E-state index contributed by atoms with van der Waals surface area (Å²) in [6.45, 7) is 0. The molecule has 0 bridgehead atoms. The number of hydrogen-bond acceptors (Lipinski definition) is 0. The van der Waals surface area contributed by atoms with Crippen molar-refractivity contribution in [2.24, 2.45) is 0 Å². The van der Waals surface area contributed by atoms with Crippen LogP contribution in [-0.2, 0) is 56.5 Å². The van der Waals surface area contributed by atoms with Crippen molar-refractivity contribution in [2.75, 3.05) is 0 Å². The molecule has 19 heteroatoms. The van der Waals surface area contributed by atoms with Gasteiger partial charge in [0.25, 0.3) is 0 Å². The Hall–Kier alpha value is -2.20. The first kappa shape index (κ1) is 34.8. The fourth-order valence-electron chi connectivity index (χ4n) is 2.51. The second-order valence-electron chi connectivity index (χ2n) is 6.27. The normalized spacial score (nSPS) is 13.5. The molecule has 0 aliphatic carbocycles. The molecule has 0 aliphatic rings. The third-order valence-corrected chi connectivity index (χ3v) is 3.74. The predicted octanol–water partition coefficient (Wildman–Crippen LogP) is 9.08. The van der Waals surface area contributed by atoms with Gasteiger partial charge in [-0.2, -0.15) is 115 Å². The van der Waals surface area contributed by atoms with Crippen molar-refractivity contribution < 1.29 is 98.5 Å². The average molecular weight is 628 g/mol. The average Bonchev–Trinajstić information content (AvgIpc) is 2.63. The first-order valence-electron chi connectivity index (χ1n) is 8.22. The van der Waals surface area contributed by atoms with Gasteiger partial charge >= 0.3 is 56.5 Å². The largest absolute Gasteiger partial charge is 2.00 e. The Morgan fingerprint density at radius 2 is 0.622 bits per heavy atom. The predicted molar refractivity (Wildman–Crippen MR) is 80.6 cm³/mol. The molecule has 0 saturated carbocycles. The maximum Gasteiger partial charge on any atom is 2.00 e. The van der Waals surface area contributed by atoms with Gasteiger partial charge in [0.2, 0.25) is 0 Å². The summed E-state index contributed by atoms with van der Waals surface area (Å²) in [5.74, 6) is 0. The van der Waals surface area contributed by atoms with Crippen LogP contribution in [-0.4, -0.2) is 0 Å². The van der Waals surface area contributed by atoms with Gasteiger partial charge in [0.05, 0.1) is 0 Å². The zero-order chi connectivity index (χ0) is 28.7. The monoisotopic (exact) mass is 626 g/mol. The number of halogens is 18. The molecule has 0 aliphatic heterocycles. The molecule has 0 fully saturated rings. The summed E-state index contributed by atoms with van der Waals surface area (Å²) in [6.07, 6.45) is -33.8. The Morgan fingerprint density at radius 3 is 0.784 bits per heavy atom. The SMILES string of the molecule is FC(F)(F)c1[c-]ccc(C(F)(F)F)c1C(F)(F)F.FC(F)(F)c1[c-]ccc(C(F)(F)F)c1C(F)(F)F.[Zn+2]. The summed E-state index contributed by atoms with van der Waals surface area (Å²) < 4.78 is 221. The summed E-state index contributed by atoms with van der Waals surface area (Å²) in [5.41, 5.74) is -15.3. The Bertz CT molecular complexity index is 897. The molecule has 0 saturated heterocycles. The first-order valence-corrected chi connectivity index (χ1v) is 8.22. The molecule has 0 nitrogen and oxygen atoms in total.